The lowest BCUT2D eigenvalue weighted by molar-refractivity contribution is -0.125. The van der Waals surface area contributed by atoms with Crippen molar-refractivity contribution in [2.45, 2.75) is 71.3 Å². The van der Waals surface area contributed by atoms with E-state index in [9.17, 15) is 0 Å². The van der Waals surface area contributed by atoms with Crippen LogP contribution in [0.2, 0.25) is 0 Å². The van der Waals surface area contributed by atoms with E-state index >= 15 is 0 Å². The van der Waals surface area contributed by atoms with Crippen LogP contribution in [0.1, 0.15) is 69.9 Å². The van der Waals surface area contributed by atoms with Gasteiger partial charge in [0.25, 0.3) is 0 Å². The summed E-state index contributed by atoms with van der Waals surface area (Å²) < 4.78 is 21.9. The summed E-state index contributed by atoms with van der Waals surface area (Å²) in [4.78, 5) is 0. The Morgan fingerprint density at radius 2 is 1.79 bits per heavy atom. The molecule has 0 amide bonds. The second-order valence-electron chi connectivity index (χ2n) is 8.51. The summed E-state index contributed by atoms with van der Waals surface area (Å²) in [7, 11) is 3.38. The van der Waals surface area contributed by atoms with Crippen molar-refractivity contribution in [1.82, 2.24) is 0 Å². The molecular formula is C24H38O4. The smallest absolute Gasteiger partial charge is 0.188 e. The summed E-state index contributed by atoms with van der Waals surface area (Å²) in [6, 6.07) is 6.67. The lowest BCUT2D eigenvalue weighted by Gasteiger charge is -2.50. The number of hydrogen-bond acceptors (Lipinski definition) is 4. The van der Waals surface area contributed by atoms with E-state index in [1.807, 2.05) is 13.8 Å². The van der Waals surface area contributed by atoms with Gasteiger partial charge < -0.3 is 18.9 Å². The van der Waals surface area contributed by atoms with Gasteiger partial charge in [0.1, 0.15) is 12.5 Å². The molecule has 28 heavy (non-hydrogen) atoms. The van der Waals surface area contributed by atoms with Crippen molar-refractivity contribution in [3.05, 3.63) is 29.3 Å². The average molecular weight is 391 g/mol. The van der Waals surface area contributed by atoms with Crippen LogP contribution in [-0.2, 0) is 20.6 Å². The van der Waals surface area contributed by atoms with E-state index in [1.165, 1.54) is 37.7 Å². The molecule has 5 unspecified atom stereocenters. The van der Waals surface area contributed by atoms with Crippen molar-refractivity contribution >= 4 is 0 Å². The van der Waals surface area contributed by atoms with Gasteiger partial charge in [-0.1, -0.05) is 26.8 Å². The molecule has 4 heteroatoms. The molecule has 0 aliphatic heterocycles. The van der Waals surface area contributed by atoms with Crippen LogP contribution in [0.4, 0.5) is 0 Å². The Bertz CT molecular complexity index is 631. The molecule has 1 aromatic carbocycles. The fraction of sp³-hybridized carbons (Fsp3) is 0.750. The van der Waals surface area contributed by atoms with Crippen molar-refractivity contribution in [2.24, 2.45) is 17.3 Å². The highest BCUT2D eigenvalue weighted by molar-refractivity contribution is 5.40. The van der Waals surface area contributed by atoms with Crippen LogP contribution in [0.15, 0.2) is 18.2 Å². The molecule has 0 heterocycles. The van der Waals surface area contributed by atoms with Gasteiger partial charge in [0.2, 0.25) is 0 Å². The summed E-state index contributed by atoms with van der Waals surface area (Å²) in [6.45, 7) is 7.21. The van der Waals surface area contributed by atoms with E-state index in [1.54, 1.807) is 19.8 Å². The van der Waals surface area contributed by atoms with E-state index in [4.69, 9.17) is 18.9 Å². The van der Waals surface area contributed by atoms with Gasteiger partial charge in [0.05, 0.1) is 6.10 Å². The summed E-state index contributed by atoms with van der Waals surface area (Å²) in [5.74, 6) is 3.21. The molecule has 3 aliphatic rings. The van der Waals surface area contributed by atoms with Crippen LogP contribution in [-0.4, -0.2) is 33.9 Å². The highest BCUT2D eigenvalue weighted by atomic mass is 16.7. The maximum Gasteiger partial charge on any atom is 0.188 e. The van der Waals surface area contributed by atoms with Crippen LogP contribution in [0.25, 0.3) is 0 Å². The Labute approximate surface area is 170 Å². The Hall–Kier alpha value is -1.10. The zero-order chi connectivity index (χ0) is 20.1. The zero-order valence-corrected chi connectivity index (χ0v) is 18.3. The molecule has 158 valence electrons. The van der Waals surface area contributed by atoms with Crippen LogP contribution in [0, 0.1) is 17.3 Å². The number of rotatable bonds is 6. The third-order valence-electron chi connectivity index (χ3n) is 7.34. The molecule has 3 aliphatic carbocycles. The molecule has 4 nitrogen and oxygen atoms in total. The molecule has 0 N–H and O–H groups in total. The molecule has 0 aromatic heterocycles. The lowest BCUT2D eigenvalue weighted by atomic mass is 9.55. The number of aryl methyl sites for hydroxylation is 1. The summed E-state index contributed by atoms with van der Waals surface area (Å²) in [6.07, 6.45) is 7.84. The minimum absolute atomic E-state index is 0.314. The molecule has 0 radical (unpaired) electrons. The quantitative estimate of drug-likeness (QED) is 0.598. The van der Waals surface area contributed by atoms with Gasteiger partial charge in [-0.05, 0) is 85.0 Å². The minimum atomic E-state index is 0.314. The average Bonchev–Trinajstić information content (AvgIpc) is 3.08. The SMILES string of the molecule is CC.COCOc1ccc2c(c1)CCC1C2CCC2(C)C(OCOC)CCC12. The van der Waals surface area contributed by atoms with Gasteiger partial charge in [0.15, 0.2) is 6.79 Å². The van der Waals surface area contributed by atoms with E-state index in [2.05, 4.69) is 25.1 Å². The van der Waals surface area contributed by atoms with Crippen molar-refractivity contribution in [3.63, 3.8) is 0 Å². The molecule has 0 spiro atoms. The third kappa shape index (κ3) is 3.96. The summed E-state index contributed by atoms with van der Waals surface area (Å²) >= 11 is 0. The fourth-order valence-electron chi connectivity index (χ4n) is 6.15. The van der Waals surface area contributed by atoms with Gasteiger partial charge in [-0.3, -0.25) is 0 Å². The van der Waals surface area contributed by atoms with Crippen molar-refractivity contribution in [3.8, 4) is 5.75 Å². The van der Waals surface area contributed by atoms with Crippen molar-refractivity contribution in [2.75, 3.05) is 27.8 Å². The first kappa shape index (κ1) is 21.6. The summed E-state index contributed by atoms with van der Waals surface area (Å²) in [5, 5.41) is 0. The number of methoxy groups -OCH3 is 2. The first-order chi connectivity index (χ1) is 13.7. The van der Waals surface area contributed by atoms with Gasteiger partial charge >= 0.3 is 0 Å². The number of benzene rings is 1. The molecule has 1 aromatic rings. The Morgan fingerprint density at radius 3 is 2.54 bits per heavy atom. The normalized spacial score (nSPS) is 33.2. The van der Waals surface area contributed by atoms with Gasteiger partial charge in [-0.2, -0.15) is 0 Å². The van der Waals surface area contributed by atoms with E-state index in [-0.39, 0.29) is 0 Å². The Balaban J connectivity index is 0.00000109. The number of fused-ring (bicyclic) bond motifs is 5. The molecule has 0 bridgehead atoms. The molecular weight excluding hydrogens is 352 g/mol. The highest BCUT2D eigenvalue weighted by Crippen LogP contribution is 2.61. The number of ether oxygens (including phenoxy) is 4. The van der Waals surface area contributed by atoms with Crippen molar-refractivity contribution < 1.29 is 18.9 Å². The highest BCUT2D eigenvalue weighted by Gasteiger charge is 2.55. The van der Waals surface area contributed by atoms with Crippen LogP contribution >= 0.6 is 0 Å². The first-order valence-electron chi connectivity index (χ1n) is 11.0. The predicted octanol–water partition coefficient (Wildman–Crippen LogP) is 5.54. The number of hydrogen-bond donors (Lipinski definition) is 0. The molecule has 5 atom stereocenters. The van der Waals surface area contributed by atoms with Gasteiger partial charge in [-0.25, -0.2) is 0 Å². The lowest BCUT2D eigenvalue weighted by Crippen LogP contribution is -2.44. The topological polar surface area (TPSA) is 36.9 Å². The maximum atomic E-state index is 6.08. The largest absolute Gasteiger partial charge is 0.468 e. The van der Waals surface area contributed by atoms with E-state index in [0.29, 0.717) is 31.0 Å². The molecule has 4 rings (SSSR count). The zero-order valence-electron chi connectivity index (χ0n) is 18.3. The molecule has 2 saturated carbocycles. The second kappa shape index (κ2) is 9.60. The minimum Gasteiger partial charge on any atom is -0.468 e. The van der Waals surface area contributed by atoms with Crippen molar-refractivity contribution in [1.29, 1.82) is 0 Å². The molecule has 2 fully saturated rings. The van der Waals surface area contributed by atoms with Crippen LogP contribution in [0.5, 0.6) is 5.75 Å². The van der Waals surface area contributed by atoms with E-state index < -0.39 is 0 Å². The standard InChI is InChI=1S/C22H32O4.C2H6/c1-22-11-10-18-17-7-5-16(25-13-23-2)12-15(17)4-6-19(18)20(22)8-9-21(22)26-14-24-3;1-2/h5,7,12,18-21H,4,6,8-11,13-14H2,1-3H3;1-2H3. The maximum absolute atomic E-state index is 6.08. The van der Waals surface area contributed by atoms with Gasteiger partial charge in [-0.15, -0.1) is 0 Å². The Kier molecular flexibility index (Phi) is 7.41. The monoisotopic (exact) mass is 390 g/mol. The van der Waals surface area contributed by atoms with Crippen LogP contribution < -0.4 is 4.74 Å². The van der Waals surface area contributed by atoms with Gasteiger partial charge in [0, 0.05) is 14.2 Å². The van der Waals surface area contributed by atoms with Crippen LogP contribution in [0.3, 0.4) is 0 Å². The molecule has 0 saturated heterocycles. The first-order valence-corrected chi connectivity index (χ1v) is 11.0. The van der Waals surface area contributed by atoms with E-state index in [0.717, 1.165) is 24.0 Å². The second-order valence-corrected chi connectivity index (χ2v) is 8.51. The Morgan fingerprint density at radius 1 is 1.00 bits per heavy atom. The third-order valence-corrected chi connectivity index (χ3v) is 7.34. The summed E-state index contributed by atoms with van der Waals surface area (Å²) in [5.41, 5.74) is 3.36. The predicted molar refractivity (Wildman–Crippen MR) is 112 cm³/mol. The fourth-order valence-corrected chi connectivity index (χ4v) is 6.15.